The third-order valence-corrected chi connectivity index (χ3v) is 2.91. The standard InChI is InChI=1S/C13H24O6/c1-5-10(6-2)11(19-13(17)9(4)15)7-18-12(16)8(3)14/h8-11,14-15H,5-7H2,1-4H3. The zero-order valence-corrected chi connectivity index (χ0v) is 12.0. The van der Waals surface area contributed by atoms with E-state index in [4.69, 9.17) is 19.7 Å². The number of carbonyl (C=O) groups is 2. The van der Waals surface area contributed by atoms with Crippen molar-refractivity contribution in [3.8, 4) is 0 Å². The fraction of sp³-hybridized carbons (Fsp3) is 0.846. The Morgan fingerprint density at radius 1 is 1.00 bits per heavy atom. The van der Waals surface area contributed by atoms with Gasteiger partial charge in [-0.05, 0) is 32.6 Å². The predicted octanol–water partition coefficient (Wildman–Crippen LogP) is 0.639. The Kier molecular flexibility index (Phi) is 8.34. The second-order valence-corrected chi connectivity index (χ2v) is 4.53. The zero-order valence-electron chi connectivity index (χ0n) is 12.0. The van der Waals surface area contributed by atoms with Crippen LogP contribution in [0, 0.1) is 5.92 Å². The maximum atomic E-state index is 11.4. The zero-order chi connectivity index (χ0) is 15.0. The first-order chi connectivity index (χ1) is 8.83. The largest absolute Gasteiger partial charge is 0.460 e. The van der Waals surface area contributed by atoms with Crippen molar-refractivity contribution in [3.63, 3.8) is 0 Å². The quantitative estimate of drug-likeness (QED) is 0.632. The smallest absolute Gasteiger partial charge is 0.335 e. The summed E-state index contributed by atoms with van der Waals surface area (Å²) in [6.07, 6.45) is -1.54. The van der Waals surface area contributed by atoms with E-state index in [-0.39, 0.29) is 12.5 Å². The van der Waals surface area contributed by atoms with Gasteiger partial charge in [0.1, 0.15) is 24.9 Å². The van der Waals surface area contributed by atoms with Gasteiger partial charge in [-0.2, -0.15) is 0 Å². The summed E-state index contributed by atoms with van der Waals surface area (Å²) in [5, 5.41) is 18.2. The molecule has 0 aromatic heterocycles. The van der Waals surface area contributed by atoms with Gasteiger partial charge in [-0.3, -0.25) is 0 Å². The normalized spacial score (nSPS) is 15.7. The Balaban J connectivity index is 4.58. The summed E-state index contributed by atoms with van der Waals surface area (Å²) in [5.74, 6) is -1.47. The lowest BCUT2D eigenvalue weighted by Gasteiger charge is -2.25. The molecule has 0 aliphatic heterocycles. The third-order valence-electron chi connectivity index (χ3n) is 2.91. The molecule has 0 heterocycles. The molecular formula is C13H24O6. The van der Waals surface area contributed by atoms with Crippen LogP contribution in [0.2, 0.25) is 0 Å². The van der Waals surface area contributed by atoms with Crippen LogP contribution in [0.5, 0.6) is 0 Å². The molecule has 0 radical (unpaired) electrons. The molecule has 112 valence electrons. The van der Waals surface area contributed by atoms with Crippen molar-refractivity contribution in [3.05, 3.63) is 0 Å². The minimum absolute atomic E-state index is 0.0319. The van der Waals surface area contributed by atoms with Crippen LogP contribution in [0.3, 0.4) is 0 Å². The van der Waals surface area contributed by atoms with Gasteiger partial charge in [0.25, 0.3) is 0 Å². The summed E-state index contributed by atoms with van der Waals surface area (Å²) in [7, 11) is 0. The molecular weight excluding hydrogens is 252 g/mol. The van der Waals surface area contributed by atoms with Crippen LogP contribution in [0.25, 0.3) is 0 Å². The number of carbonyl (C=O) groups excluding carboxylic acids is 2. The molecule has 3 atom stereocenters. The van der Waals surface area contributed by atoms with E-state index in [0.29, 0.717) is 0 Å². The van der Waals surface area contributed by atoms with Gasteiger partial charge in [-0.25, -0.2) is 9.59 Å². The predicted molar refractivity (Wildman–Crippen MR) is 68.3 cm³/mol. The number of aliphatic hydroxyl groups is 2. The lowest BCUT2D eigenvalue weighted by Crippen LogP contribution is -2.36. The van der Waals surface area contributed by atoms with Gasteiger partial charge in [0.15, 0.2) is 0 Å². The highest BCUT2D eigenvalue weighted by Crippen LogP contribution is 2.17. The molecule has 6 heteroatoms. The van der Waals surface area contributed by atoms with E-state index in [0.717, 1.165) is 12.8 Å². The van der Waals surface area contributed by atoms with E-state index in [1.54, 1.807) is 0 Å². The van der Waals surface area contributed by atoms with Gasteiger partial charge in [-0.1, -0.05) is 13.8 Å². The van der Waals surface area contributed by atoms with Gasteiger partial charge >= 0.3 is 11.9 Å². The fourth-order valence-corrected chi connectivity index (χ4v) is 1.61. The number of hydrogen-bond acceptors (Lipinski definition) is 6. The van der Waals surface area contributed by atoms with Crippen LogP contribution in [-0.2, 0) is 19.1 Å². The highest BCUT2D eigenvalue weighted by atomic mass is 16.6. The number of rotatable bonds is 8. The lowest BCUT2D eigenvalue weighted by atomic mass is 9.97. The molecule has 0 aromatic carbocycles. The summed E-state index contributed by atoms with van der Waals surface area (Å²) in [4.78, 5) is 22.6. The van der Waals surface area contributed by atoms with Crippen molar-refractivity contribution in [1.82, 2.24) is 0 Å². The Morgan fingerprint density at radius 2 is 1.47 bits per heavy atom. The van der Waals surface area contributed by atoms with Crippen LogP contribution >= 0.6 is 0 Å². The molecule has 0 saturated carbocycles. The molecule has 0 amide bonds. The van der Waals surface area contributed by atoms with Crippen molar-refractivity contribution in [2.75, 3.05) is 6.61 Å². The maximum Gasteiger partial charge on any atom is 0.335 e. The Labute approximate surface area is 113 Å². The van der Waals surface area contributed by atoms with Crippen molar-refractivity contribution in [2.45, 2.75) is 58.8 Å². The maximum absolute atomic E-state index is 11.4. The molecule has 0 aromatic rings. The Morgan fingerprint density at radius 3 is 1.84 bits per heavy atom. The molecule has 3 unspecified atom stereocenters. The van der Waals surface area contributed by atoms with Crippen LogP contribution in [0.1, 0.15) is 40.5 Å². The van der Waals surface area contributed by atoms with Crippen LogP contribution < -0.4 is 0 Å². The van der Waals surface area contributed by atoms with Crippen molar-refractivity contribution in [2.24, 2.45) is 5.92 Å². The first kappa shape index (κ1) is 17.9. The summed E-state index contributed by atoms with van der Waals surface area (Å²) in [5.41, 5.74) is 0. The van der Waals surface area contributed by atoms with Gasteiger partial charge < -0.3 is 19.7 Å². The minimum atomic E-state index is -1.22. The van der Waals surface area contributed by atoms with Crippen LogP contribution in [0.15, 0.2) is 0 Å². The number of ether oxygens (including phenoxy) is 2. The number of esters is 2. The molecule has 0 aliphatic rings. The molecule has 6 nitrogen and oxygen atoms in total. The molecule has 0 spiro atoms. The van der Waals surface area contributed by atoms with Gasteiger partial charge in [0, 0.05) is 0 Å². The van der Waals surface area contributed by atoms with E-state index in [1.165, 1.54) is 13.8 Å². The van der Waals surface area contributed by atoms with E-state index >= 15 is 0 Å². The third kappa shape index (κ3) is 6.54. The minimum Gasteiger partial charge on any atom is -0.460 e. The monoisotopic (exact) mass is 276 g/mol. The van der Waals surface area contributed by atoms with E-state index in [2.05, 4.69) is 0 Å². The molecule has 0 rings (SSSR count). The highest BCUT2D eigenvalue weighted by molar-refractivity contribution is 5.74. The number of hydrogen-bond donors (Lipinski definition) is 2. The molecule has 0 fully saturated rings. The molecule has 19 heavy (non-hydrogen) atoms. The first-order valence-corrected chi connectivity index (χ1v) is 6.56. The Hall–Kier alpha value is -1.14. The molecule has 0 saturated heterocycles. The SMILES string of the molecule is CCC(CC)C(COC(=O)C(C)O)OC(=O)C(C)O. The summed E-state index contributed by atoms with van der Waals surface area (Å²) >= 11 is 0. The average Bonchev–Trinajstić information content (AvgIpc) is 2.35. The highest BCUT2D eigenvalue weighted by Gasteiger charge is 2.26. The van der Waals surface area contributed by atoms with Gasteiger partial charge in [0.05, 0.1) is 0 Å². The summed E-state index contributed by atoms with van der Waals surface area (Å²) in [6, 6.07) is 0. The molecule has 0 aliphatic carbocycles. The van der Waals surface area contributed by atoms with Crippen molar-refractivity contribution < 1.29 is 29.3 Å². The molecule has 0 bridgehead atoms. The number of aliphatic hydroxyl groups excluding tert-OH is 2. The van der Waals surface area contributed by atoms with Crippen LogP contribution in [0.4, 0.5) is 0 Å². The summed E-state index contributed by atoms with van der Waals surface area (Å²) in [6.45, 7) is 6.38. The van der Waals surface area contributed by atoms with Gasteiger partial charge in [-0.15, -0.1) is 0 Å². The lowest BCUT2D eigenvalue weighted by molar-refractivity contribution is -0.171. The first-order valence-electron chi connectivity index (χ1n) is 6.56. The summed E-state index contributed by atoms with van der Waals surface area (Å²) < 4.78 is 10.0. The van der Waals surface area contributed by atoms with E-state index in [9.17, 15) is 9.59 Å². The molecule has 2 N–H and O–H groups in total. The topological polar surface area (TPSA) is 93.1 Å². The van der Waals surface area contributed by atoms with Crippen LogP contribution in [-0.4, -0.2) is 47.1 Å². The van der Waals surface area contributed by atoms with Crippen molar-refractivity contribution >= 4 is 11.9 Å². The Bertz CT molecular complexity index is 283. The van der Waals surface area contributed by atoms with Gasteiger partial charge in [0.2, 0.25) is 0 Å². The van der Waals surface area contributed by atoms with E-state index in [1.807, 2.05) is 13.8 Å². The second-order valence-electron chi connectivity index (χ2n) is 4.53. The second kappa shape index (κ2) is 8.87. The van der Waals surface area contributed by atoms with Crippen molar-refractivity contribution in [1.29, 1.82) is 0 Å². The fourth-order valence-electron chi connectivity index (χ4n) is 1.61. The van der Waals surface area contributed by atoms with E-state index < -0.39 is 30.3 Å². The average molecular weight is 276 g/mol.